The first-order valence-corrected chi connectivity index (χ1v) is 14.1. The van der Waals surface area contributed by atoms with E-state index in [1.165, 1.54) is 11.9 Å². The van der Waals surface area contributed by atoms with E-state index in [1.807, 2.05) is 30.3 Å². The highest BCUT2D eigenvalue weighted by molar-refractivity contribution is 9.10. The summed E-state index contributed by atoms with van der Waals surface area (Å²) in [6.45, 7) is -0.450. The molecule has 0 aliphatic heterocycles. The van der Waals surface area contributed by atoms with Gasteiger partial charge in [0.1, 0.15) is 12.6 Å². The summed E-state index contributed by atoms with van der Waals surface area (Å²) in [5.41, 5.74) is 1.84. The van der Waals surface area contributed by atoms with Crippen LogP contribution in [0.5, 0.6) is 0 Å². The Kier molecular flexibility index (Phi) is 9.53. The number of amides is 2. The van der Waals surface area contributed by atoms with Crippen LogP contribution >= 0.6 is 27.5 Å². The molecule has 0 aromatic heterocycles. The Labute approximate surface area is 225 Å². The number of carbonyl (C=O) groups excluding carboxylic acids is 2. The van der Waals surface area contributed by atoms with Crippen molar-refractivity contribution in [3.05, 3.63) is 99.5 Å². The van der Waals surface area contributed by atoms with E-state index in [1.54, 1.807) is 48.5 Å². The summed E-state index contributed by atoms with van der Waals surface area (Å²) in [7, 11) is -2.30. The van der Waals surface area contributed by atoms with Crippen LogP contribution in [0.3, 0.4) is 0 Å². The summed E-state index contributed by atoms with van der Waals surface area (Å²) < 4.78 is 27.2. The van der Waals surface area contributed by atoms with E-state index in [9.17, 15) is 18.0 Å². The fraction of sp³-hybridized carbons (Fsp3) is 0.231. The van der Waals surface area contributed by atoms with Gasteiger partial charge in [-0.3, -0.25) is 13.9 Å². The number of hydrogen-bond donors (Lipinski definition) is 1. The highest BCUT2D eigenvalue weighted by Gasteiger charge is 2.32. The number of halogens is 2. The van der Waals surface area contributed by atoms with Gasteiger partial charge in [-0.2, -0.15) is 0 Å². The molecule has 0 saturated carbocycles. The van der Waals surface area contributed by atoms with Crippen molar-refractivity contribution in [2.75, 3.05) is 24.2 Å². The van der Waals surface area contributed by atoms with Crippen molar-refractivity contribution in [3.63, 3.8) is 0 Å². The van der Waals surface area contributed by atoms with Gasteiger partial charge < -0.3 is 10.2 Å². The molecule has 0 fully saturated rings. The molecule has 3 rings (SSSR count). The lowest BCUT2D eigenvalue weighted by molar-refractivity contribution is -0.139. The quantitative estimate of drug-likeness (QED) is 0.381. The minimum absolute atomic E-state index is 0.0291. The summed E-state index contributed by atoms with van der Waals surface area (Å²) >= 11 is 9.73. The van der Waals surface area contributed by atoms with Gasteiger partial charge in [-0.05, 0) is 41.5 Å². The number of likely N-dealkylation sites (N-methyl/N-ethyl adjacent to an activating group) is 1. The maximum absolute atomic E-state index is 13.8. The molecular formula is C26H27BrClN3O4S. The lowest BCUT2D eigenvalue weighted by Gasteiger charge is -2.33. The SMILES string of the molecule is CNC(=O)[C@H](Cc1ccccc1)N(Cc1ccccc1Cl)C(=O)CN(c1ccc(Br)cc1)S(C)(=O)=O. The first kappa shape index (κ1) is 27.7. The monoisotopic (exact) mass is 591 g/mol. The summed E-state index contributed by atoms with van der Waals surface area (Å²) in [6.07, 6.45) is 1.29. The summed E-state index contributed by atoms with van der Waals surface area (Å²) in [5.74, 6) is -0.901. The highest BCUT2D eigenvalue weighted by Crippen LogP contribution is 2.24. The number of nitrogens with one attached hydrogen (secondary N) is 1. The van der Waals surface area contributed by atoms with Gasteiger partial charge >= 0.3 is 0 Å². The zero-order valence-electron chi connectivity index (χ0n) is 19.9. The third-order valence-electron chi connectivity index (χ3n) is 5.61. The van der Waals surface area contributed by atoms with Gasteiger partial charge in [-0.15, -0.1) is 0 Å². The van der Waals surface area contributed by atoms with Gasteiger partial charge in [0.15, 0.2) is 0 Å². The molecule has 0 bridgehead atoms. The Balaban J connectivity index is 2.03. The van der Waals surface area contributed by atoms with Crippen LogP contribution in [0.2, 0.25) is 5.02 Å². The maximum atomic E-state index is 13.8. The van der Waals surface area contributed by atoms with E-state index in [2.05, 4.69) is 21.2 Å². The average molecular weight is 593 g/mol. The summed E-state index contributed by atoms with van der Waals surface area (Å²) in [6, 6.07) is 22.1. The highest BCUT2D eigenvalue weighted by atomic mass is 79.9. The van der Waals surface area contributed by atoms with E-state index < -0.39 is 28.5 Å². The van der Waals surface area contributed by atoms with Gasteiger partial charge in [0, 0.05) is 29.5 Å². The van der Waals surface area contributed by atoms with Crippen molar-refractivity contribution in [3.8, 4) is 0 Å². The van der Waals surface area contributed by atoms with Gasteiger partial charge in [0.2, 0.25) is 21.8 Å². The molecule has 3 aromatic rings. The zero-order valence-corrected chi connectivity index (χ0v) is 23.1. The van der Waals surface area contributed by atoms with Crippen LogP contribution in [0.15, 0.2) is 83.3 Å². The van der Waals surface area contributed by atoms with Gasteiger partial charge in [-0.1, -0.05) is 76.1 Å². The van der Waals surface area contributed by atoms with Crippen LogP contribution < -0.4 is 9.62 Å². The second-order valence-electron chi connectivity index (χ2n) is 8.18. The van der Waals surface area contributed by atoms with Gasteiger partial charge in [0.25, 0.3) is 0 Å². The second kappa shape index (κ2) is 12.4. The minimum Gasteiger partial charge on any atom is -0.357 e. The Hall–Kier alpha value is -2.88. The molecular weight excluding hydrogens is 566 g/mol. The van der Waals surface area contributed by atoms with E-state index >= 15 is 0 Å². The fourth-order valence-corrected chi connectivity index (χ4v) is 5.06. The van der Waals surface area contributed by atoms with E-state index in [4.69, 9.17) is 11.6 Å². The van der Waals surface area contributed by atoms with Crippen LogP contribution in [-0.4, -0.2) is 51.0 Å². The maximum Gasteiger partial charge on any atom is 0.244 e. The van der Waals surface area contributed by atoms with Crippen LogP contribution in [0.4, 0.5) is 5.69 Å². The van der Waals surface area contributed by atoms with Crippen LogP contribution in [0.25, 0.3) is 0 Å². The first-order chi connectivity index (χ1) is 17.1. The molecule has 0 radical (unpaired) electrons. The Morgan fingerprint density at radius 2 is 1.58 bits per heavy atom. The van der Waals surface area contributed by atoms with E-state index in [0.29, 0.717) is 16.3 Å². The molecule has 1 atom stereocenters. The topological polar surface area (TPSA) is 86.8 Å². The molecule has 36 heavy (non-hydrogen) atoms. The third-order valence-corrected chi connectivity index (χ3v) is 7.65. The lowest BCUT2D eigenvalue weighted by atomic mass is 10.0. The molecule has 7 nitrogen and oxygen atoms in total. The molecule has 190 valence electrons. The molecule has 3 aromatic carbocycles. The molecule has 2 amide bonds. The number of benzene rings is 3. The van der Waals surface area contributed by atoms with Crippen LogP contribution in [-0.2, 0) is 32.6 Å². The van der Waals surface area contributed by atoms with Crippen molar-refractivity contribution in [2.24, 2.45) is 0 Å². The number of nitrogens with zero attached hydrogens (tertiary/aromatic N) is 2. The van der Waals surface area contributed by atoms with Crippen LogP contribution in [0, 0.1) is 0 Å². The minimum atomic E-state index is -3.81. The second-order valence-corrected chi connectivity index (χ2v) is 11.4. The molecule has 10 heteroatoms. The fourth-order valence-electron chi connectivity index (χ4n) is 3.75. The zero-order chi connectivity index (χ0) is 26.3. The molecule has 0 aliphatic rings. The van der Waals surface area contributed by atoms with E-state index in [0.717, 1.165) is 20.6 Å². The number of rotatable bonds is 10. The average Bonchev–Trinajstić information content (AvgIpc) is 2.85. The number of carbonyl (C=O) groups is 2. The molecule has 0 aliphatic carbocycles. The third kappa shape index (κ3) is 7.32. The van der Waals surface area contributed by atoms with Crippen molar-refractivity contribution >= 4 is 55.1 Å². The molecule has 0 spiro atoms. The van der Waals surface area contributed by atoms with Crippen molar-refractivity contribution < 1.29 is 18.0 Å². The largest absolute Gasteiger partial charge is 0.357 e. The molecule has 0 unspecified atom stereocenters. The number of hydrogen-bond acceptors (Lipinski definition) is 4. The molecule has 1 N–H and O–H groups in total. The number of anilines is 1. The summed E-state index contributed by atoms with van der Waals surface area (Å²) in [5, 5.41) is 3.08. The number of sulfonamides is 1. The van der Waals surface area contributed by atoms with E-state index in [-0.39, 0.29) is 18.9 Å². The normalized spacial score (nSPS) is 12.0. The first-order valence-electron chi connectivity index (χ1n) is 11.1. The Morgan fingerprint density at radius 1 is 0.972 bits per heavy atom. The van der Waals surface area contributed by atoms with Crippen molar-refractivity contribution in [2.45, 2.75) is 19.0 Å². The standard InChI is InChI=1S/C26H27BrClN3O4S/c1-29-26(33)24(16-19-8-4-3-5-9-19)30(17-20-10-6-7-11-23(20)28)25(32)18-31(36(2,34)35)22-14-12-21(27)13-15-22/h3-15,24H,16-18H2,1-2H3,(H,29,33)/t24-/m0/s1. The predicted octanol–water partition coefficient (Wildman–Crippen LogP) is 4.25. The predicted molar refractivity (Wildman–Crippen MR) is 146 cm³/mol. The van der Waals surface area contributed by atoms with Crippen molar-refractivity contribution in [1.82, 2.24) is 10.2 Å². The van der Waals surface area contributed by atoms with Crippen LogP contribution in [0.1, 0.15) is 11.1 Å². The molecule has 0 saturated heterocycles. The van der Waals surface area contributed by atoms with Crippen molar-refractivity contribution in [1.29, 1.82) is 0 Å². The summed E-state index contributed by atoms with van der Waals surface area (Å²) in [4.78, 5) is 28.2. The van der Waals surface area contributed by atoms with Gasteiger partial charge in [-0.25, -0.2) is 8.42 Å². The smallest absolute Gasteiger partial charge is 0.244 e. The van der Waals surface area contributed by atoms with Gasteiger partial charge in [0.05, 0.1) is 11.9 Å². The lowest BCUT2D eigenvalue weighted by Crippen LogP contribution is -2.52. The Morgan fingerprint density at radius 3 is 2.17 bits per heavy atom. The molecule has 0 heterocycles. The Bertz CT molecular complexity index is 1300.